The van der Waals surface area contributed by atoms with Gasteiger partial charge in [-0.15, -0.1) is 0 Å². The van der Waals surface area contributed by atoms with Crippen LogP contribution in [0.25, 0.3) is 0 Å². The normalized spacial score (nSPS) is 12.2. The fourth-order valence-corrected chi connectivity index (χ4v) is 1.05. The number of halogens is 1. The smallest absolute Gasteiger partial charge is 0.328 e. The molecule has 2 N–H and O–H groups in total. The van der Waals surface area contributed by atoms with Gasteiger partial charge in [0.1, 0.15) is 6.04 Å². The number of rotatable bonds is 3. The summed E-state index contributed by atoms with van der Waals surface area (Å²) in [5, 5.41) is 0. The Morgan fingerprint density at radius 1 is 1.46 bits per heavy atom. The minimum Gasteiger partial charge on any atom is -0.448 e. The van der Waals surface area contributed by atoms with Crippen LogP contribution in [0, 0.1) is 0 Å². The van der Waals surface area contributed by atoms with Gasteiger partial charge in [0.2, 0.25) is 0 Å². The molecule has 0 amide bonds. The molecule has 0 fully saturated rings. The van der Waals surface area contributed by atoms with Gasteiger partial charge in [-0.3, -0.25) is 0 Å². The zero-order valence-corrected chi connectivity index (χ0v) is 7.70. The van der Waals surface area contributed by atoms with Gasteiger partial charge in [0, 0.05) is 0 Å². The zero-order valence-electron chi connectivity index (χ0n) is 6.94. The van der Waals surface area contributed by atoms with Crippen molar-refractivity contribution in [2.75, 3.05) is 6.07 Å². The number of esters is 1. The lowest BCUT2D eigenvalue weighted by atomic mass is 10.1. The van der Waals surface area contributed by atoms with Gasteiger partial charge in [-0.2, -0.15) is 0 Å². The monoisotopic (exact) mass is 199 g/mol. The summed E-state index contributed by atoms with van der Waals surface area (Å²) in [4.78, 5) is 11.1. The minimum atomic E-state index is -0.750. The maximum absolute atomic E-state index is 11.1. The third kappa shape index (κ3) is 2.72. The Morgan fingerprint density at radius 3 is 2.62 bits per heavy atom. The average Bonchev–Trinajstić information content (AvgIpc) is 2.18. The third-order valence-electron chi connectivity index (χ3n) is 1.61. The largest absolute Gasteiger partial charge is 0.448 e. The van der Waals surface area contributed by atoms with Crippen LogP contribution in [0.1, 0.15) is 11.6 Å². The van der Waals surface area contributed by atoms with Crippen molar-refractivity contribution in [2.45, 2.75) is 6.04 Å². The van der Waals surface area contributed by atoms with Crippen LogP contribution in [-0.4, -0.2) is 12.0 Å². The van der Waals surface area contributed by atoms with Crippen molar-refractivity contribution in [1.29, 1.82) is 0 Å². The van der Waals surface area contributed by atoms with Gasteiger partial charge in [0.05, 0.1) is 0 Å². The lowest BCUT2D eigenvalue weighted by Crippen LogP contribution is -2.23. The quantitative estimate of drug-likeness (QED) is 0.592. The molecule has 0 bridgehead atoms. The third-order valence-corrected chi connectivity index (χ3v) is 1.72. The van der Waals surface area contributed by atoms with Crippen molar-refractivity contribution in [2.24, 2.45) is 5.73 Å². The van der Waals surface area contributed by atoms with Gasteiger partial charge in [-0.05, 0) is 5.56 Å². The summed E-state index contributed by atoms with van der Waals surface area (Å²) in [5.74, 6) is -0.513. The molecule has 1 unspecified atom stereocenters. The highest BCUT2D eigenvalue weighted by Gasteiger charge is 2.15. The first kappa shape index (κ1) is 10.0. The summed E-state index contributed by atoms with van der Waals surface area (Å²) in [5.41, 5.74) is 6.31. The lowest BCUT2D eigenvalue weighted by molar-refractivity contribution is -0.143. The highest BCUT2D eigenvalue weighted by atomic mass is 35.5. The van der Waals surface area contributed by atoms with E-state index < -0.39 is 12.0 Å². The number of hydrogen-bond donors (Lipinski definition) is 1. The molecule has 0 spiro atoms. The molecule has 0 aromatic heterocycles. The van der Waals surface area contributed by atoms with E-state index in [4.69, 9.17) is 17.3 Å². The minimum absolute atomic E-state index is 0.167. The molecule has 3 nitrogen and oxygen atoms in total. The molecule has 1 rings (SSSR count). The van der Waals surface area contributed by atoms with Crippen LogP contribution < -0.4 is 5.73 Å². The number of carbonyl (C=O) groups excluding carboxylic acids is 1. The van der Waals surface area contributed by atoms with Crippen molar-refractivity contribution in [3.8, 4) is 0 Å². The van der Waals surface area contributed by atoms with Crippen molar-refractivity contribution < 1.29 is 9.53 Å². The van der Waals surface area contributed by atoms with Gasteiger partial charge >= 0.3 is 5.97 Å². The molecular formula is C9H10ClNO2. The highest BCUT2D eigenvalue weighted by molar-refractivity contribution is 6.17. The Hall–Kier alpha value is -1.06. The molecule has 70 valence electrons. The molecule has 0 radical (unpaired) electrons. The average molecular weight is 200 g/mol. The van der Waals surface area contributed by atoms with E-state index in [1.807, 2.05) is 18.2 Å². The highest BCUT2D eigenvalue weighted by Crippen LogP contribution is 2.10. The molecule has 0 saturated heterocycles. The summed E-state index contributed by atoms with van der Waals surface area (Å²) in [7, 11) is 0. The standard InChI is InChI=1S/C9H10ClNO2/c10-6-13-9(12)8(11)7-4-2-1-3-5-7/h1-5,8H,6,11H2. The fraction of sp³-hybridized carbons (Fsp3) is 0.222. The molecule has 0 aliphatic rings. The second-order valence-corrected chi connectivity index (χ2v) is 2.68. The molecule has 13 heavy (non-hydrogen) atoms. The van der Waals surface area contributed by atoms with Crippen LogP contribution in [0.2, 0.25) is 0 Å². The maximum Gasteiger partial charge on any atom is 0.328 e. The maximum atomic E-state index is 11.1. The van der Waals surface area contributed by atoms with E-state index in [1.165, 1.54) is 0 Å². The molecule has 0 aliphatic heterocycles. The van der Waals surface area contributed by atoms with Crippen LogP contribution in [0.15, 0.2) is 30.3 Å². The fourth-order valence-electron chi connectivity index (χ4n) is 0.940. The van der Waals surface area contributed by atoms with Gasteiger partial charge in [0.15, 0.2) is 6.07 Å². The van der Waals surface area contributed by atoms with Crippen molar-refractivity contribution >= 4 is 17.6 Å². The molecular weight excluding hydrogens is 190 g/mol. The van der Waals surface area contributed by atoms with E-state index in [9.17, 15) is 4.79 Å². The topological polar surface area (TPSA) is 52.3 Å². The van der Waals surface area contributed by atoms with Gasteiger partial charge in [-0.1, -0.05) is 41.9 Å². The summed E-state index contributed by atoms with van der Waals surface area (Å²) in [6.07, 6.45) is 0. The van der Waals surface area contributed by atoms with E-state index in [-0.39, 0.29) is 6.07 Å². The molecule has 4 heteroatoms. The van der Waals surface area contributed by atoms with E-state index >= 15 is 0 Å². The second kappa shape index (κ2) is 4.84. The first-order valence-electron chi connectivity index (χ1n) is 3.79. The van der Waals surface area contributed by atoms with Gasteiger partial charge < -0.3 is 10.5 Å². The van der Waals surface area contributed by atoms with E-state index in [1.54, 1.807) is 12.1 Å². The van der Waals surface area contributed by atoms with Crippen LogP contribution >= 0.6 is 11.6 Å². The Morgan fingerprint density at radius 2 is 2.08 bits per heavy atom. The summed E-state index contributed by atoms with van der Waals surface area (Å²) < 4.78 is 4.56. The summed E-state index contributed by atoms with van der Waals surface area (Å²) in [6, 6.07) is 8.08. The number of hydrogen-bond acceptors (Lipinski definition) is 3. The first-order chi connectivity index (χ1) is 6.25. The SMILES string of the molecule is NC(C(=O)OCCl)c1ccccc1. The first-order valence-corrected chi connectivity index (χ1v) is 4.32. The lowest BCUT2D eigenvalue weighted by Gasteiger charge is -2.09. The second-order valence-electron chi connectivity index (χ2n) is 2.46. The predicted octanol–water partition coefficient (Wildman–Crippen LogP) is 1.43. The summed E-state index contributed by atoms with van der Waals surface area (Å²) in [6.45, 7) is 0. The van der Waals surface area contributed by atoms with Crippen LogP contribution in [0.5, 0.6) is 0 Å². The number of benzene rings is 1. The zero-order chi connectivity index (χ0) is 9.68. The van der Waals surface area contributed by atoms with Gasteiger partial charge in [0.25, 0.3) is 0 Å². The van der Waals surface area contributed by atoms with Crippen molar-refractivity contribution in [3.05, 3.63) is 35.9 Å². The van der Waals surface area contributed by atoms with Crippen LogP contribution in [-0.2, 0) is 9.53 Å². The molecule has 1 aromatic carbocycles. The summed E-state index contributed by atoms with van der Waals surface area (Å²) >= 11 is 5.23. The Labute approximate surface area is 81.4 Å². The number of ether oxygens (including phenoxy) is 1. The van der Waals surface area contributed by atoms with Crippen molar-refractivity contribution in [1.82, 2.24) is 0 Å². The predicted molar refractivity (Wildman–Crippen MR) is 50.2 cm³/mol. The number of carbonyl (C=O) groups is 1. The van der Waals surface area contributed by atoms with E-state index in [2.05, 4.69) is 4.74 Å². The number of nitrogens with two attached hydrogens (primary N) is 1. The van der Waals surface area contributed by atoms with Crippen LogP contribution in [0.3, 0.4) is 0 Å². The molecule has 1 atom stereocenters. The van der Waals surface area contributed by atoms with E-state index in [0.29, 0.717) is 0 Å². The Balaban J connectivity index is 2.68. The van der Waals surface area contributed by atoms with Gasteiger partial charge in [-0.25, -0.2) is 4.79 Å². The molecule has 0 heterocycles. The van der Waals surface area contributed by atoms with Crippen molar-refractivity contribution in [3.63, 3.8) is 0 Å². The molecule has 0 aliphatic carbocycles. The number of alkyl halides is 1. The molecule has 0 saturated carbocycles. The van der Waals surface area contributed by atoms with Crippen LogP contribution in [0.4, 0.5) is 0 Å². The van der Waals surface area contributed by atoms with E-state index in [0.717, 1.165) is 5.56 Å². The Bertz CT molecular complexity index is 276. The molecule has 1 aromatic rings. The Kier molecular flexibility index (Phi) is 3.73.